The highest BCUT2D eigenvalue weighted by Crippen LogP contribution is 2.38. The highest BCUT2D eigenvalue weighted by molar-refractivity contribution is 8.14. The van der Waals surface area contributed by atoms with E-state index in [-0.39, 0.29) is 0 Å². The van der Waals surface area contributed by atoms with Crippen molar-refractivity contribution in [3.63, 3.8) is 0 Å². The molecular formula is C13H22N2S. The van der Waals surface area contributed by atoms with Crippen LogP contribution in [0.4, 0.5) is 0 Å². The van der Waals surface area contributed by atoms with Gasteiger partial charge in [-0.3, -0.25) is 4.99 Å². The van der Waals surface area contributed by atoms with E-state index in [0.29, 0.717) is 11.6 Å². The number of aliphatic imine (C=N–C) groups is 1. The number of thioether (sulfide) groups is 1. The van der Waals surface area contributed by atoms with Crippen LogP contribution in [-0.2, 0) is 0 Å². The molecule has 1 spiro atoms. The Morgan fingerprint density at radius 3 is 2.69 bits per heavy atom. The predicted molar refractivity (Wildman–Crippen MR) is 71.0 cm³/mol. The number of nitrogens with zero attached hydrogens (tertiary/aromatic N) is 1. The van der Waals surface area contributed by atoms with Crippen molar-refractivity contribution >= 4 is 16.9 Å². The maximum absolute atomic E-state index is 4.89. The van der Waals surface area contributed by atoms with E-state index in [2.05, 4.69) is 12.2 Å². The first-order valence-electron chi connectivity index (χ1n) is 6.76. The second-order valence-electron chi connectivity index (χ2n) is 5.77. The molecule has 0 aromatic heterocycles. The molecule has 0 radical (unpaired) electrons. The molecule has 2 aliphatic carbocycles. The summed E-state index contributed by atoms with van der Waals surface area (Å²) in [4.78, 5) is 4.89. The molecule has 1 saturated heterocycles. The minimum atomic E-state index is 0.433. The lowest BCUT2D eigenvalue weighted by Gasteiger charge is -2.29. The molecule has 0 bridgehead atoms. The summed E-state index contributed by atoms with van der Waals surface area (Å²) in [5.74, 6) is 2.12. The molecule has 2 nitrogen and oxygen atoms in total. The number of hydrogen-bond acceptors (Lipinski definition) is 2. The van der Waals surface area contributed by atoms with Crippen molar-refractivity contribution in [2.45, 2.75) is 63.5 Å². The Labute approximate surface area is 103 Å². The van der Waals surface area contributed by atoms with Crippen molar-refractivity contribution in [2.24, 2.45) is 10.9 Å². The number of amidine groups is 1. The average molecular weight is 238 g/mol. The number of nitrogens with one attached hydrogen (secondary N) is 1. The Kier molecular flexibility index (Phi) is 2.90. The van der Waals surface area contributed by atoms with Crippen molar-refractivity contribution in [1.82, 2.24) is 5.32 Å². The van der Waals surface area contributed by atoms with Crippen molar-refractivity contribution < 1.29 is 0 Å². The van der Waals surface area contributed by atoms with Gasteiger partial charge in [-0.05, 0) is 38.5 Å². The van der Waals surface area contributed by atoms with E-state index < -0.39 is 0 Å². The van der Waals surface area contributed by atoms with E-state index in [4.69, 9.17) is 4.99 Å². The van der Waals surface area contributed by atoms with Gasteiger partial charge in [-0.25, -0.2) is 0 Å². The first-order valence-corrected chi connectivity index (χ1v) is 7.75. The van der Waals surface area contributed by atoms with E-state index in [1.54, 1.807) is 0 Å². The van der Waals surface area contributed by atoms with Gasteiger partial charge >= 0.3 is 0 Å². The zero-order valence-electron chi connectivity index (χ0n) is 10.2. The van der Waals surface area contributed by atoms with Crippen molar-refractivity contribution in [1.29, 1.82) is 0 Å². The van der Waals surface area contributed by atoms with E-state index in [0.717, 1.165) is 5.92 Å². The van der Waals surface area contributed by atoms with E-state index >= 15 is 0 Å². The van der Waals surface area contributed by atoms with Crippen LogP contribution >= 0.6 is 11.8 Å². The molecule has 0 aromatic carbocycles. The first kappa shape index (κ1) is 10.9. The first-order chi connectivity index (χ1) is 7.77. The average Bonchev–Trinajstić information content (AvgIpc) is 2.75. The quantitative estimate of drug-likeness (QED) is 0.799. The molecule has 1 heterocycles. The fourth-order valence-corrected chi connectivity index (χ4v) is 4.41. The molecule has 1 aliphatic heterocycles. The third-order valence-corrected chi connectivity index (χ3v) is 5.75. The van der Waals surface area contributed by atoms with E-state index in [9.17, 15) is 0 Å². The van der Waals surface area contributed by atoms with Gasteiger partial charge in [-0.15, -0.1) is 0 Å². The summed E-state index contributed by atoms with van der Waals surface area (Å²) < 4.78 is 0. The lowest BCUT2D eigenvalue weighted by atomic mass is 9.81. The summed E-state index contributed by atoms with van der Waals surface area (Å²) in [5, 5.41) is 4.95. The van der Waals surface area contributed by atoms with Crippen LogP contribution in [0.1, 0.15) is 51.9 Å². The van der Waals surface area contributed by atoms with Gasteiger partial charge in [-0.1, -0.05) is 31.0 Å². The fourth-order valence-electron chi connectivity index (χ4n) is 3.11. The second-order valence-corrected chi connectivity index (χ2v) is 6.73. The predicted octanol–water partition coefficient (Wildman–Crippen LogP) is 3.18. The molecular weight excluding hydrogens is 216 g/mol. The summed E-state index contributed by atoms with van der Waals surface area (Å²) in [6.07, 6.45) is 9.73. The minimum absolute atomic E-state index is 0.433. The molecule has 90 valence electrons. The standard InChI is InChI=1S/C13H22N2S/c1-10(11-5-4-6-11)14-12-15-13(9-16-12)7-2-3-8-13/h10-11H,2-9H2,1H3,(H,14,15). The van der Waals surface area contributed by atoms with Crippen LogP contribution < -0.4 is 5.32 Å². The molecule has 1 N–H and O–H groups in total. The molecule has 0 aromatic rings. The van der Waals surface area contributed by atoms with Gasteiger partial charge in [0.1, 0.15) is 0 Å². The van der Waals surface area contributed by atoms with Crippen molar-refractivity contribution in [3.8, 4) is 0 Å². The molecule has 16 heavy (non-hydrogen) atoms. The van der Waals surface area contributed by atoms with Gasteiger partial charge in [0.25, 0.3) is 0 Å². The van der Waals surface area contributed by atoms with Gasteiger partial charge < -0.3 is 5.32 Å². The lowest BCUT2D eigenvalue weighted by Crippen LogP contribution is -2.41. The highest BCUT2D eigenvalue weighted by atomic mass is 32.2. The topological polar surface area (TPSA) is 24.4 Å². The summed E-state index contributed by atoms with van der Waals surface area (Å²) in [6, 6.07) is 0.542. The Morgan fingerprint density at radius 1 is 1.31 bits per heavy atom. The number of hydrogen-bond donors (Lipinski definition) is 1. The van der Waals surface area contributed by atoms with Crippen LogP contribution in [-0.4, -0.2) is 22.5 Å². The maximum Gasteiger partial charge on any atom is 0.157 e. The maximum atomic E-state index is 4.89. The Hall–Kier alpha value is -0.180. The lowest BCUT2D eigenvalue weighted by molar-refractivity contribution is 0.274. The third-order valence-electron chi connectivity index (χ3n) is 4.57. The van der Waals surface area contributed by atoms with Gasteiger partial charge in [0.2, 0.25) is 0 Å². The molecule has 1 unspecified atom stereocenters. The van der Waals surface area contributed by atoms with Crippen molar-refractivity contribution in [2.75, 3.05) is 5.75 Å². The van der Waals surface area contributed by atoms with E-state index in [1.165, 1.54) is 55.9 Å². The highest BCUT2D eigenvalue weighted by Gasteiger charge is 2.39. The summed E-state index contributed by atoms with van der Waals surface area (Å²) in [6.45, 7) is 2.29. The Morgan fingerprint density at radius 2 is 2.06 bits per heavy atom. The molecule has 0 amide bonds. The van der Waals surface area contributed by atoms with Crippen LogP contribution in [0.3, 0.4) is 0 Å². The molecule has 3 rings (SSSR count). The summed E-state index contributed by atoms with van der Waals surface area (Å²) >= 11 is 1.96. The van der Waals surface area contributed by atoms with Crippen LogP contribution in [0.15, 0.2) is 4.99 Å². The Bertz CT molecular complexity index is 290. The van der Waals surface area contributed by atoms with Crippen molar-refractivity contribution in [3.05, 3.63) is 0 Å². The zero-order valence-corrected chi connectivity index (χ0v) is 11.0. The van der Waals surface area contributed by atoms with Gasteiger partial charge in [0.15, 0.2) is 5.17 Å². The molecule has 3 aliphatic rings. The SMILES string of the molecule is CC(N=C1NC2(CCCC2)CS1)C1CCC1. The minimum Gasteiger partial charge on any atom is -0.359 e. The summed E-state index contributed by atoms with van der Waals surface area (Å²) in [5.41, 5.74) is 0.433. The van der Waals surface area contributed by atoms with Crippen LogP contribution in [0, 0.1) is 5.92 Å². The molecule has 3 fully saturated rings. The monoisotopic (exact) mass is 238 g/mol. The van der Waals surface area contributed by atoms with Crippen LogP contribution in [0.5, 0.6) is 0 Å². The molecule has 2 saturated carbocycles. The summed E-state index contributed by atoms with van der Waals surface area (Å²) in [7, 11) is 0. The Balaban J connectivity index is 1.61. The van der Waals surface area contributed by atoms with Crippen LogP contribution in [0.25, 0.3) is 0 Å². The van der Waals surface area contributed by atoms with Crippen LogP contribution in [0.2, 0.25) is 0 Å². The zero-order chi connectivity index (χ0) is 11.0. The third kappa shape index (κ3) is 1.99. The fraction of sp³-hybridized carbons (Fsp3) is 0.923. The van der Waals surface area contributed by atoms with Gasteiger partial charge in [0, 0.05) is 11.3 Å². The molecule has 3 heteroatoms. The van der Waals surface area contributed by atoms with E-state index in [1.807, 2.05) is 11.8 Å². The van der Waals surface area contributed by atoms with Gasteiger partial charge in [-0.2, -0.15) is 0 Å². The smallest absolute Gasteiger partial charge is 0.157 e. The normalized spacial score (nSPS) is 32.9. The van der Waals surface area contributed by atoms with Gasteiger partial charge in [0.05, 0.1) is 6.04 Å². The molecule has 1 atom stereocenters. The number of rotatable bonds is 2. The largest absolute Gasteiger partial charge is 0.359 e. The second kappa shape index (κ2) is 4.25.